The topological polar surface area (TPSA) is 66.5 Å². The molecule has 148 valence electrons. The van der Waals surface area contributed by atoms with Gasteiger partial charge < -0.3 is 18.9 Å². The molecule has 1 rings (SSSR count). The van der Waals surface area contributed by atoms with Crippen molar-refractivity contribution in [2.75, 3.05) is 46.7 Å². The van der Waals surface area contributed by atoms with Crippen molar-refractivity contribution in [3.8, 4) is 0 Å². The van der Waals surface area contributed by atoms with Gasteiger partial charge in [-0.05, 0) is 26.3 Å². The molecule has 0 radical (unpaired) electrons. The highest BCUT2D eigenvalue weighted by atomic mass is 16.7. The van der Waals surface area contributed by atoms with Crippen molar-refractivity contribution in [3.05, 3.63) is 35.9 Å². The van der Waals surface area contributed by atoms with E-state index in [4.69, 9.17) is 23.8 Å². The lowest BCUT2D eigenvalue weighted by molar-refractivity contribution is -0.163. The van der Waals surface area contributed by atoms with Crippen molar-refractivity contribution in [3.63, 3.8) is 0 Å². The van der Waals surface area contributed by atoms with Gasteiger partial charge in [-0.25, -0.2) is 4.79 Å². The van der Waals surface area contributed by atoms with E-state index in [0.717, 1.165) is 5.56 Å². The quantitative estimate of drug-likeness (QED) is 0.417. The summed E-state index contributed by atoms with van der Waals surface area (Å²) >= 11 is 0. The number of hydrogen-bond donors (Lipinski definition) is 0. The summed E-state index contributed by atoms with van der Waals surface area (Å²) in [6.45, 7) is 8.30. The third-order valence-electron chi connectivity index (χ3n) is 3.07. The Bertz CT molecular complexity index is 489. The molecule has 0 fully saturated rings. The largest absolute Gasteiger partial charge is 0.442 e. The molecule has 0 aliphatic rings. The molecule has 0 aromatic heterocycles. The van der Waals surface area contributed by atoms with E-state index in [1.807, 2.05) is 51.1 Å². The fourth-order valence-corrected chi connectivity index (χ4v) is 1.86. The van der Waals surface area contributed by atoms with Crippen LogP contribution in [0.15, 0.2) is 30.3 Å². The first kappa shape index (κ1) is 22.4. The van der Waals surface area contributed by atoms with Crippen molar-refractivity contribution in [2.45, 2.75) is 33.0 Å². The summed E-state index contributed by atoms with van der Waals surface area (Å²) in [6.07, 6.45) is -0.534. The molecule has 0 saturated heterocycles. The Morgan fingerprint density at radius 2 is 1.58 bits per heavy atom. The maximum Gasteiger partial charge on any atom is 0.434 e. The lowest BCUT2D eigenvalue weighted by Gasteiger charge is -2.26. The van der Waals surface area contributed by atoms with Crippen LogP contribution in [0.3, 0.4) is 0 Å². The number of methoxy groups -OCH3 is 1. The summed E-state index contributed by atoms with van der Waals surface area (Å²) in [7, 11) is 1.63. The zero-order valence-corrected chi connectivity index (χ0v) is 16.2. The molecular weight excluding hydrogens is 338 g/mol. The Morgan fingerprint density at radius 3 is 2.19 bits per heavy atom. The molecule has 0 atom stereocenters. The van der Waals surface area contributed by atoms with Gasteiger partial charge in [0, 0.05) is 7.11 Å². The highest BCUT2D eigenvalue weighted by Crippen LogP contribution is 2.11. The lowest BCUT2D eigenvalue weighted by atomic mass is 10.2. The molecule has 1 amide bonds. The van der Waals surface area contributed by atoms with E-state index in [0.29, 0.717) is 33.0 Å². The fraction of sp³-hybridized carbons (Fsp3) is 0.632. The van der Waals surface area contributed by atoms with Gasteiger partial charge in [0.2, 0.25) is 0 Å². The number of amides is 1. The summed E-state index contributed by atoms with van der Waals surface area (Å²) in [5.41, 5.74) is 0.370. The summed E-state index contributed by atoms with van der Waals surface area (Å²) in [4.78, 5) is 17.9. The molecule has 0 N–H and O–H groups in total. The predicted octanol–water partition coefficient (Wildman–Crippen LogP) is 3.03. The van der Waals surface area contributed by atoms with Crippen molar-refractivity contribution in [1.29, 1.82) is 0 Å². The first-order valence-electron chi connectivity index (χ1n) is 8.74. The maximum atomic E-state index is 12.3. The van der Waals surface area contributed by atoms with Gasteiger partial charge in [0.1, 0.15) is 12.2 Å². The van der Waals surface area contributed by atoms with E-state index in [1.54, 1.807) is 7.11 Å². The minimum atomic E-state index is -0.596. The van der Waals surface area contributed by atoms with E-state index < -0.39 is 11.7 Å². The van der Waals surface area contributed by atoms with E-state index in [1.165, 1.54) is 5.06 Å². The van der Waals surface area contributed by atoms with Crippen LogP contribution in [0.2, 0.25) is 0 Å². The number of hydrogen-bond acceptors (Lipinski definition) is 6. The molecule has 0 saturated carbocycles. The van der Waals surface area contributed by atoms with Crippen LogP contribution >= 0.6 is 0 Å². The van der Waals surface area contributed by atoms with Crippen LogP contribution < -0.4 is 0 Å². The average molecular weight is 369 g/mol. The molecule has 1 aromatic carbocycles. The first-order valence-corrected chi connectivity index (χ1v) is 8.74. The molecule has 7 heteroatoms. The number of carbonyl (C=O) groups excluding carboxylic acids is 1. The molecule has 1 aromatic rings. The molecule has 7 nitrogen and oxygen atoms in total. The van der Waals surface area contributed by atoms with Crippen LogP contribution in [-0.4, -0.2) is 63.4 Å². The van der Waals surface area contributed by atoms with Crippen molar-refractivity contribution < 1.29 is 28.6 Å². The highest BCUT2D eigenvalue weighted by Gasteiger charge is 2.23. The Labute approximate surface area is 156 Å². The number of ether oxygens (including phenoxy) is 4. The molecule has 0 spiro atoms. The highest BCUT2D eigenvalue weighted by molar-refractivity contribution is 5.66. The second-order valence-electron chi connectivity index (χ2n) is 6.56. The molecule has 0 aliphatic carbocycles. The second kappa shape index (κ2) is 12.6. The minimum Gasteiger partial charge on any atom is -0.442 e. The number of nitrogens with zero attached hydrogens (tertiary/aromatic N) is 1. The van der Waals surface area contributed by atoms with Crippen molar-refractivity contribution in [1.82, 2.24) is 5.06 Å². The monoisotopic (exact) mass is 369 g/mol. The summed E-state index contributed by atoms with van der Waals surface area (Å²) in [5, 5.41) is 1.20. The van der Waals surface area contributed by atoms with Crippen LogP contribution in [0, 0.1) is 0 Å². The Kier molecular flexibility index (Phi) is 10.9. The molecular formula is C19H31NO6. The van der Waals surface area contributed by atoms with Crippen LogP contribution in [-0.2, 0) is 30.4 Å². The normalized spacial score (nSPS) is 11.4. The van der Waals surface area contributed by atoms with Crippen molar-refractivity contribution >= 4 is 6.09 Å². The van der Waals surface area contributed by atoms with Gasteiger partial charge in [0.05, 0.1) is 39.6 Å². The molecule has 0 unspecified atom stereocenters. The Hall–Kier alpha value is -1.67. The van der Waals surface area contributed by atoms with Gasteiger partial charge in [-0.3, -0.25) is 4.84 Å². The minimum absolute atomic E-state index is 0.264. The third-order valence-corrected chi connectivity index (χ3v) is 3.07. The number of benzene rings is 1. The standard InChI is InChI=1S/C19H31NO6/c1-19(2,3)26-18(21)20(25-16-17-8-6-5-7-9-17)10-11-23-14-15-24-13-12-22-4/h5-9H,10-16H2,1-4H3. The van der Waals surface area contributed by atoms with Gasteiger partial charge in [-0.2, -0.15) is 5.06 Å². The van der Waals surface area contributed by atoms with Gasteiger partial charge in [0.25, 0.3) is 0 Å². The summed E-state index contributed by atoms with van der Waals surface area (Å²) < 4.78 is 21.1. The smallest absolute Gasteiger partial charge is 0.434 e. The summed E-state index contributed by atoms with van der Waals surface area (Å²) in [6, 6.07) is 9.63. The van der Waals surface area contributed by atoms with Crippen LogP contribution in [0.1, 0.15) is 26.3 Å². The second-order valence-corrected chi connectivity index (χ2v) is 6.56. The Balaban J connectivity index is 2.38. The van der Waals surface area contributed by atoms with Crippen LogP contribution in [0.25, 0.3) is 0 Å². The van der Waals surface area contributed by atoms with Gasteiger partial charge in [-0.1, -0.05) is 30.3 Å². The van der Waals surface area contributed by atoms with E-state index in [9.17, 15) is 4.79 Å². The first-order chi connectivity index (χ1) is 12.4. The van der Waals surface area contributed by atoms with E-state index in [-0.39, 0.29) is 13.2 Å². The molecule has 0 heterocycles. The Morgan fingerprint density at radius 1 is 0.962 bits per heavy atom. The van der Waals surface area contributed by atoms with Gasteiger partial charge in [0.15, 0.2) is 0 Å². The van der Waals surface area contributed by atoms with Gasteiger partial charge in [-0.15, -0.1) is 0 Å². The molecule has 26 heavy (non-hydrogen) atoms. The zero-order chi connectivity index (χ0) is 19.3. The predicted molar refractivity (Wildman–Crippen MR) is 97.7 cm³/mol. The van der Waals surface area contributed by atoms with Crippen molar-refractivity contribution in [2.24, 2.45) is 0 Å². The fourth-order valence-electron chi connectivity index (χ4n) is 1.86. The number of hydroxylamine groups is 2. The number of carbonyl (C=O) groups is 1. The zero-order valence-electron chi connectivity index (χ0n) is 16.2. The molecule has 0 aliphatic heterocycles. The van der Waals surface area contributed by atoms with Crippen LogP contribution in [0.4, 0.5) is 4.79 Å². The van der Waals surface area contributed by atoms with Crippen LogP contribution in [0.5, 0.6) is 0 Å². The lowest BCUT2D eigenvalue weighted by Crippen LogP contribution is -2.38. The number of rotatable bonds is 12. The SMILES string of the molecule is COCCOCCOCCN(OCc1ccccc1)C(=O)OC(C)(C)C. The van der Waals surface area contributed by atoms with Gasteiger partial charge >= 0.3 is 6.09 Å². The average Bonchev–Trinajstić information content (AvgIpc) is 2.59. The van der Waals surface area contributed by atoms with E-state index >= 15 is 0 Å². The molecule has 0 bridgehead atoms. The van der Waals surface area contributed by atoms with E-state index in [2.05, 4.69) is 0 Å². The maximum absolute atomic E-state index is 12.3. The summed E-state index contributed by atoms with van der Waals surface area (Å²) in [5.74, 6) is 0. The third kappa shape index (κ3) is 11.0.